The van der Waals surface area contributed by atoms with Crippen molar-refractivity contribution in [2.24, 2.45) is 0 Å². The van der Waals surface area contributed by atoms with E-state index in [4.69, 9.17) is 23.7 Å². The van der Waals surface area contributed by atoms with Crippen LogP contribution in [-0.2, 0) is 35.3 Å². The standard InChI is InChI=1S/C73H108N2O10/c1-8-10-12-14-16-18-20-22-24-26-28-30-32-34-36-60(72(77)78)74(3)46-44-56-51-65(82-6)67-53-59(56)62(74)48-54-38-41-58(42-39-54)84-66-50-55(40-43-64(66)81-5)49-63-69-57(52-68(83-7)70(76)71(69)85-67)45-47-75(63,4)61(73(79)80)37-35-33-31-29-27-25-23-21-19-17-15-13-11-9-2/h38-43,50-53,60-63H,8-37,44-49H2,1-7H3,(H-2,76,77,78,79,80)/p+2. The second-order valence-corrected chi connectivity index (χ2v) is 25.9. The Kier molecular flexibility index (Phi) is 27.0. The summed E-state index contributed by atoms with van der Waals surface area (Å²) >= 11 is 0. The van der Waals surface area contributed by atoms with E-state index in [1.54, 1.807) is 14.2 Å². The highest BCUT2D eigenvalue weighted by molar-refractivity contribution is 5.73. The molecule has 4 aliphatic heterocycles. The van der Waals surface area contributed by atoms with Crippen LogP contribution in [0.15, 0.2) is 60.7 Å². The second kappa shape index (κ2) is 34.2. The van der Waals surface area contributed by atoms with Gasteiger partial charge in [0.25, 0.3) is 0 Å². The lowest BCUT2D eigenvalue weighted by atomic mass is 9.83. The summed E-state index contributed by atoms with van der Waals surface area (Å²) in [6.45, 7) is 5.70. The number of unbranched alkanes of at least 4 members (excludes halogenated alkanes) is 26. The first kappa shape index (κ1) is 67.1. The summed E-state index contributed by atoms with van der Waals surface area (Å²) in [5.74, 6) is 1.26. The number of hydrogen-bond acceptors (Lipinski definition) is 8. The fourth-order valence-corrected chi connectivity index (χ4v) is 14.6. The second-order valence-electron chi connectivity index (χ2n) is 25.9. The minimum atomic E-state index is -0.838. The maximum atomic E-state index is 13.9. The van der Waals surface area contributed by atoms with Crippen LogP contribution in [0.1, 0.15) is 252 Å². The highest BCUT2D eigenvalue weighted by Crippen LogP contribution is 2.54. The van der Waals surface area contributed by atoms with Crippen LogP contribution in [0.2, 0.25) is 0 Å². The first-order valence-corrected chi connectivity index (χ1v) is 33.7. The zero-order valence-electron chi connectivity index (χ0n) is 53.6. The summed E-state index contributed by atoms with van der Waals surface area (Å²) in [6.07, 6.45) is 37.7. The quantitative estimate of drug-likeness (QED) is 0.0295. The van der Waals surface area contributed by atoms with E-state index in [1.165, 1.54) is 142 Å². The van der Waals surface area contributed by atoms with Gasteiger partial charge < -0.3 is 48.0 Å². The molecular weight excluding hydrogens is 1060 g/mol. The molecular formula is C73H110N2O10+2. The molecule has 3 N–H and O–H groups in total. The van der Waals surface area contributed by atoms with Crippen molar-refractivity contribution in [3.8, 4) is 46.0 Å². The molecule has 0 spiro atoms. The lowest BCUT2D eigenvalue weighted by Gasteiger charge is -2.49. The maximum absolute atomic E-state index is 13.9. The van der Waals surface area contributed by atoms with Gasteiger partial charge in [0.1, 0.15) is 17.8 Å². The molecule has 12 nitrogen and oxygen atoms in total. The number of aromatic hydroxyl groups is 1. The van der Waals surface area contributed by atoms with Gasteiger partial charge in [0.05, 0.1) is 54.1 Å². The minimum Gasteiger partial charge on any atom is -0.502 e. The van der Waals surface area contributed by atoms with Crippen LogP contribution in [0.5, 0.6) is 46.0 Å². The number of rotatable bonds is 37. The number of carboxylic acids is 2. The fraction of sp³-hybridized carbons (Fsp3) is 0.644. The summed E-state index contributed by atoms with van der Waals surface area (Å²) in [4.78, 5) is 27.7. The number of methoxy groups -OCH3 is 3. The van der Waals surface area contributed by atoms with Crippen LogP contribution in [0, 0.1) is 0 Å². The summed E-state index contributed by atoms with van der Waals surface area (Å²) in [5, 5.41) is 35.3. The van der Waals surface area contributed by atoms with Crippen LogP contribution in [0.4, 0.5) is 0 Å². The normalized spacial score (nSPS) is 19.6. The Morgan fingerprint density at radius 1 is 0.494 bits per heavy atom. The molecule has 4 aliphatic rings. The molecule has 4 aromatic carbocycles. The van der Waals surface area contributed by atoms with Crippen LogP contribution in [0.25, 0.3) is 0 Å². The Hall–Kier alpha value is -5.46. The number of likely N-dealkylation sites (N-methyl/N-ethyl adjacent to an activating group) is 2. The van der Waals surface area contributed by atoms with Gasteiger partial charge in [-0.1, -0.05) is 199 Å². The number of ether oxygens (including phenoxy) is 5. The van der Waals surface area contributed by atoms with E-state index in [9.17, 15) is 24.9 Å². The van der Waals surface area contributed by atoms with Crippen molar-refractivity contribution < 1.29 is 57.6 Å². The number of benzene rings is 4. The van der Waals surface area contributed by atoms with E-state index in [0.717, 1.165) is 78.3 Å². The predicted molar refractivity (Wildman–Crippen MR) is 342 cm³/mol. The van der Waals surface area contributed by atoms with E-state index in [2.05, 4.69) is 40.1 Å². The van der Waals surface area contributed by atoms with Gasteiger partial charge in [-0.15, -0.1) is 0 Å². The number of aliphatic carboxylic acids is 2. The number of carboxylic acid groups (broad SMARTS) is 2. The molecule has 0 saturated heterocycles. The number of nitrogens with zero attached hydrogens (tertiary/aromatic N) is 2. The van der Waals surface area contributed by atoms with Gasteiger partial charge >= 0.3 is 11.9 Å². The average Bonchev–Trinajstić information content (AvgIpc) is 1.16. The van der Waals surface area contributed by atoms with Crippen LogP contribution in [0.3, 0.4) is 0 Å². The first-order valence-electron chi connectivity index (χ1n) is 33.7. The van der Waals surface area contributed by atoms with Crippen LogP contribution < -0.4 is 23.7 Å². The van der Waals surface area contributed by atoms with Crippen molar-refractivity contribution in [2.45, 2.75) is 256 Å². The monoisotopic (exact) mass is 1170 g/mol. The molecule has 8 rings (SSSR count). The maximum Gasteiger partial charge on any atom is 0.362 e. The van der Waals surface area contributed by atoms with Gasteiger partial charge in [-0.05, 0) is 77.6 Å². The molecule has 6 atom stereocenters. The molecule has 4 aromatic rings. The fourth-order valence-electron chi connectivity index (χ4n) is 14.6. The number of carbonyl (C=O) groups is 2. The predicted octanol–water partition coefficient (Wildman–Crippen LogP) is 18.5. The number of phenolic OH excluding ortho intramolecular Hbond substituents is 1. The van der Waals surface area contributed by atoms with Gasteiger partial charge in [-0.25, -0.2) is 9.59 Å². The third-order valence-electron chi connectivity index (χ3n) is 19.9. The lowest BCUT2D eigenvalue weighted by Crippen LogP contribution is -2.61. The van der Waals surface area contributed by atoms with Gasteiger partial charge in [0.15, 0.2) is 46.6 Å². The molecule has 470 valence electrons. The SMILES string of the molecule is CCCCCCCCCCCCCCCCC(C(=O)O)[N+]1(C)CCc2cc(OC)c3cc2C1Cc1ccc(cc1)Oc1cc(ccc1OC)CC1c2c(cc(OC)c(O)c2O3)CC[N+]1(C)C(CCCCCCCCCCCCCCCC)C(=O)O. The topological polar surface area (TPSA) is 141 Å². The Labute approximate surface area is 512 Å². The highest BCUT2D eigenvalue weighted by atomic mass is 16.5. The van der Waals surface area contributed by atoms with Gasteiger partial charge in [-0.3, -0.25) is 0 Å². The lowest BCUT2D eigenvalue weighted by molar-refractivity contribution is -0.956. The molecule has 6 bridgehead atoms. The summed E-state index contributed by atoms with van der Waals surface area (Å²) in [5.41, 5.74) is 5.63. The smallest absolute Gasteiger partial charge is 0.362 e. The van der Waals surface area contributed by atoms with Gasteiger partial charge in [0.2, 0.25) is 5.75 Å². The molecule has 0 amide bonds. The first-order chi connectivity index (χ1) is 41.3. The number of quaternary nitrogens is 2. The van der Waals surface area contributed by atoms with E-state index < -0.39 is 30.1 Å². The molecule has 4 heterocycles. The number of phenols is 1. The zero-order chi connectivity index (χ0) is 60.6. The molecule has 12 heteroatoms. The van der Waals surface area contributed by atoms with Crippen molar-refractivity contribution in [2.75, 3.05) is 48.5 Å². The summed E-state index contributed by atoms with van der Waals surface area (Å²) in [7, 11) is 9.01. The number of fused-ring (bicyclic) bond motifs is 2. The average molecular weight is 1180 g/mol. The Morgan fingerprint density at radius 3 is 1.38 bits per heavy atom. The van der Waals surface area contributed by atoms with Crippen LogP contribution >= 0.6 is 0 Å². The molecule has 6 unspecified atom stereocenters. The van der Waals surface area contributed by atoms with E-state index in [0.29, 0.717) is 84.8 Å². The Balaban J connectivity index is 1.19. The summed E-state index contributed by atoms with van der Waals surface area (Å²) in [6, 6.07) is 17.8. The Bertz CT molecular complexity index is 2690. The third kappa shape index (κ3) is 18.1. The van der Waals surface area contributed by atoms with Gasteiger partial charge in [-0.2, -0.15) is 0 Å². The zero-order valence-corrected chi connectivity index (χ0v) is 53.6. The van der Waals surface area contributed by atoms with Crippen molar-refractivity contribution in [3.05, 3.63) is 94.0 Å². The molecule has 0 aliphatic carbocycles. The largest absolute Gasteiger partial charge is 0.502 e. The summed E-state index contributed by atoms with van der Waals surface area (Å²) < 4.78 is 32.5. The highest BCUT2D eigenvalue weighted by Gasteiger charge is 2.51. The van der Waals surface area contributed by atoms with Crippen LogP contribution in [-0.4, -0.2) is 96.8 Å². The van der Waals surface area contributed by atoms with Gasteiger partial charge in [0, 0.05) is 44.1 Å². The molecule has 0 radical (unpaired) electrons. The van der Waals surface area contributed by atoms with Crippen molar-refractivity contribution in [3.63, 3.8) is 0 Å². The van der Waals surface area contributed by atoms with Crippen molar-refractivity contribution in [1.29, 1.82) is 0 Å². The number of hydrogen-bond donors (Lipinski definition) is 3. The Morgan fingerprint density at radius 2 is 0.906 bits per heavy atom. The third-order valence-corrected chi connectivity index (χ3v) is 19.9. The van der Waals surface area contributed by atoms with Crippen molar-refractivity contribution in [1.82, 2.24) is 0 Å². The molecule has 0 aromatic heterocycles. The molecule has 0 saturated carbocycles. The van der Waals surface area contributed by atoms with E-state index in [-0.39, 0.29) is 27.8 Å². The molecule has 0 fully saturated rings. The molecule has 85 heavy (non-hydrogen) atoms. The minimum absolute atomic E-state index is 0.178. The van der Waals surface area contributed by atoms with E-state index >= 15 is 0 Å². The van der Waals surface area contributed by atoms with E-state index in [1.807, 2.05) is 48.5 Å². The van der Waals surface area contributed by atoms with Crippen molar-refractivity contribution >= 4 is 11.9 Å².